The predicted molar refractivity (Wildman–Crippen MR) is 69.8 cm³/mol. The molecule has 0 aromatic rings. The molecule has 98 valence electrons. The van der Waals surface area contributed by atoms with Crippen LogP contribution in [-0.4, -0.2) is 25.0 Å². The van der Waals surface area contributed by atoms with Gasteiger partial charge in [-0.05, 0) is 56.5 Å². The van der Waals surface area contributed by atoms with Crippen molar-refractivity contribution in [3.05, 3.63) is 0 Å². The maximum Gasteiger partial charge on any atom is 0.220 e. The summed E-state index contributed by atoms with van der Waals surface area (Å²) in [5, 5.41) is 6.58. The molecule has 1 aliphatic carbocycles. The van der Waals surface area contributed by atoms with Crippen LogP contribution in [-0.2, 0) is 4.79 Å². The SMILES string of the molecule is CC1(C)CCC(NC(=O)CC2CCCNC2)C1. The number of nitrogens with one attached hydrogen (secondary N) is 2. The lowest BCUT2D eigenvalue weighted by atomic mass is 9.91. The molecule has 0 bridgehead atoms. The zero-order valence-corrected chi connectivity index (χ0v) is 11.2. The second-order valence-corrected chi connectivity index (χ2v) is 6.59. The number of rotatable bonds is 3. The van der Waals surface area contributed by atoms with Gasteiger partial charge in [0.05, 0.1) is 0 Å². The van der Waals surface area contributed by atoms with Crippen molar-refractivity contribution >= 4 is 5.91 Å². The first-order valence-electron chi connectivity index (χ1n) is 7.05. The lowest BCUT2D eigenvalue weighted by Gasteiger charge is -2.23. The van der Waals surface area contributed by atoms with E-state index in [1.54, 1.807) is 0 Å². The lowest BCUT2D eigenvalue weighted by Crippen LogP contribution is -2.37. The van der Waals surface area contributed by atoms with Crippen LogP contribution in [0.4, 0.5) is 0 Å². The summed E-state index contributed by atoms with van der Waals surface area (Å²) >= 11 is 0. The van der Waals surface area contributed by atoms with Gasteiger partial charge in [-0.25, -0.2) is 0 Å². The average molecular weight is 238 g/mol. The van der Waals surface area contributed by atoms with Crippen molar-refractivity contribution in [3.8, 4) is 0 Å². The minimum atomic E-state index is 0.265. The number of carbonyl (C=O) groups is 1. The number of amides is 1. The fraction of sp³-hybridized carbons (Fsp3) is 0.929. The summed E-state index contributed by atoms with van der Waals surface area (Å²) in [5.74, 6) is 0.819. The first kappa shape index (κ1) is 12.9. The summed E-state index contributed by atoms with van der Waals surface area (Å²) in [6.45, 7) is 6.73. The maximum atomic E-state index is 11.9. The second-order valence-electron chi connectivity index (χ2n) is 6.59. The second kappa shape index (κ2) is 5.38. The van der Waals surface area contributed by atoms with Crippen molar-refractivity contribution < 1.29 is 4.79 Å². The molecule has 3 nitrogen and oxygen atoms in total. The van der Waals surface area contributed by atoms with Crippen molar-refractivity contribution in [1.29, 1.82) is 0 Å². The van der Waals surface area contributed by atoms with E-state index < -0.39 is 0 Å². The molecule has 1 aliphatic heterocycles. The van der Waals surface area contributed by atoms with E-state index in [0.29, 0.717) is 23.8 Å². The van der Waals surface area contributed by atoms with Crippen LogP contribution >= 0.6 is 0 Å². The Balaban J connectivity index is 1.70. The third-order valence-electron chi connectivity index (χ3n) is 4.21. The first-order chi connectivity index (χ1) is 8.05. The topological polar surface area (TPSA) is 41.1 Å². The van der Waals surface area contributed by atoms with E-state index in [0.717, 1.165) is 25.9 Å². The van der Waals surface area contributed by atoms with Crippen molar-refractivity contribution in [2.75, 3.05) is 13.1 Å². The van der Waals surface area contributed by atoms with Gasteiger partial charge >= 0.3 is 0 Å². The highest BCUT2D eigenvalue weighted by Crippen LogP contribution is 2.36. The van der Waals surface area contributed by atoms with Gasteiger partial charge in [0.2, 0.25) is 5.91 Å². The standard InChI is InChI=1S/C14H26N2O/c1-14(2)6-5-12(9-14)16-13(17)8-11-4-3-7-15-10-11/h11-12,15H,3-10H2,1-2H3,(H,16,17). The van der Waals surface area contributed by atoms with Crippen molar-refractivity contribution in [2.45, 2.75) is 58.4 Å². The van der Waals surface area contributed by atoms with Gasteiger partial charge in [0, 0.05) is 12.5 Å². The summed E-state index contributed by atoms with van der Waals surface area (Å²) in [6, 6.07) is 0.425. The Morgan fingerprint density at radius 1 is 1.41 bits per heavy atom. The molecule has 3 heteroatoms. The van der Waals surface area contributed by atoms with Crippen molar-refractivity contribution in [2.24, 2.45) is 11.3 Å². The van der Waals surface area contributed by atoms with E-state index >= 15 is 0 Å². The Hall–Kier alpha value is -0.570. The lowest BCUT2D eigenvalue weighted by molar-refractivity contribution is -0.122. The number of piperidine rings is 1. The average Bonchev–Trinajstić information content (AvgIpc) is 2.59. The highest BCUT2D eigenvalue weighted by molar-refractivity contribution is 5.76. The summed E-state index contributed by atoms with van der Waals surface area (Å²) < 4.78 is 0. The predicted octanol–water partition coefficient (Wildman–Crippen LogP) is 2.07. The van der Waals surface area contributed by atoms with Crippen LogP contribution in [0.2, 0.25) is 0 Å². The van der Waals surface area contributed by atoms with Gasteiger partial charge in [0.15, 0.2) is 0 Å². The Kier molecular flexibility index (Phi) is 4.08. The van der Waals surface area contributed by atoms with Gasteiger partial charge in [-0.3, -0.25) is 4.79 Å². The molecule has 1 saturated carbocycles. The third kappa shape index (κ3) is 3.98. The van der Waals surface area contributed by atoms with E-state index in [-0.39, 0.29) is 5.91 Å². The van der Waals surface area contributed by atoms with Gasteiger partial charge in [-0.2, -0.15) is 0 Å². The van der Waals surface area contributed by atoms with Crippen molar-refractivity contribution in [3.63, 3.8) is 0 Å². The highest BCUT2D eigenvalue weighted by atomic mass is 16.1. The molecule has 0 aromatic carbocycles. The number of carbonyl (C=O) groups excluding carboxylic acids is 1. The molecular weight excluding hydrogens is 212 g/mol. The molecule has 2 rings (SSSR count). The molecule has 17 heavy (non-hydrogen) atoms. The van der Waals surface area contributed by atoms with Crippen molar-refractivity contribution in [1.82, 2.24) is 10.6 Å². The quantitative estimate of drug-likeness (QED) is 0.790. The van der Waals surface area contributed by atoms with E-state index in [1.807, 2.05) is 0 Å². The Labute approximate surface area is 105 Å². The minimum Gasteiger partial charge on any atom is -0.353 e. The van der Waals surface area contributed by atoms with Gasteiger partial charge in [0.25, 0.3) is 0 Å². The van der Waals surface area contributed by atoms with Crippen LogP contribution in [0.1, 0.15) is 52.4 Å². The van der Waals surface area contributed by atoms with Crippen LogP contribution < -0.4 is 10.6 Å². The molecule has 1 heterocycles. The summed E-state index contributed by atoms with van der Waals surface area (Å²) in [4.78, 5) is 11.9. The Morgan fingerprint density at radius 3 is 2.82 bits per heavy atom. The Bertz CT molecular complexity index is 269. The van der Waals surface area contributed by atoms with Crippen LogP contribution in [0.5, 0.6) is 0 Å². The molecule has 2 aliphatic rings. The zero-order chi connectivity index (χ0) is 12.3. The molecular formula is C14H26N2O. The van der Waals surface area contributed by atoms with Gasteiger partial charge in [0.1, 0.15) is 0 Å². The molecule has 0 radical (unpaired) electrons. The fourth-order valence-corrected chi connectivity index (χ4v) is 3.21. The molecule has 2 unspecified atom stereocenters. The van der Waals surface area contributed by atoms with Crippen LogP contribution in [0.25, 0.3) is 0 Å². The maximum absolute atomic E-state index is 11.9. The smallest absolute Gasteiger partial charge is 0.220 e. The minimum absolute atomic E-state index is 0.265. The molecule has 2 fully saturated rings. The summed E-state index contributed by atoms with van der Waals surface area (Å²) in [7, 11) is 0. The zero-order valence-electron chi connectivity index (χ0n) is 11.2. The highest BCUT2D eigenvalue weighted by Gasteiger charge is 2.31. The molecule has 1 saturated heterocycles. The first-order valence-corrected chi connectivity index (χ1v) is 7.05. The third-order valence-corrected chi connectivity index (χ3v) is 4.21. The van der Waals surface area contributed by atoms with Crippen LogP contribution in [0, 0.1) is 11.3 Å². The number of hydrogen-bond acceptors (Lipinski definition) is 2. The van der Waals surface area contributed by atoms with Gasteiger partial charge in [-0.1, -0.05) is 13.8 Å². The Morgan fingerprint density at radius 2 is 2.24 bits per heavy atom. The molecule has 2 N–H and O–H groups in total. The fourth-order valence-electron chi connectivity index (χ4n) is 3.21. The van der Waals surface area contributed by atoms with Crippen LogP contribution in [0.15, 0.2) is 0 Å². The molecule has 0 spiro atoms. The largest absolute Gasteiger partial charge is 0.353 e. The van der Waals surface area contributed by atoms with E-state index in [2.05, 4.69) is 24.5 Å². The molecule has 0 aromatic heterocycles. The number of hydrogen-bond donors (Lipinski definition) is 2. The van der Waals surface area contributed by atoms with Gasteiger partial charge < -0.3 is 10.6 Å². The summed E-state index contributed by atoms with van der Waals surface area (Å²) in [6.07, 6.45) is 6.67. The van der Waals surface area contributed by atoms with E-state index in [9.17, 15) is 4.79 Å². The van der Waals surface area contributed by atoms with Crippen LogP contribution in [0.3, 0.4) is 0 Å². The monoisotopic (exact) mass is 238 g/mol. The van der Waals surface area contributed by atoms with E-state index in [4.69, 9.17) is 0 Å². The van der Waals surface area contributed by atoms with Gasteiger partial charge in [-0.15, -0.1) is 0 Å². The normalized spacial score (nSPS) is 32.4. The molecule has 1 amide bonds. The summed E-state index contributed by atoms with van der Waals surface area (Å²) in [5.41, 5.74) is 0.421. The van der Waals surface area contributed by atoms with E-state index in [1.165, 1.54) is 19.3 Å². The molecule has 2 atom stereocenters.